The summed E-state index contributed by atoms with van der Waals surface area (Å²) < 4.78 is 10.6. The van der Waals surface area contributed by atoms with Crippen LogP contribution in [0, 0.1) is 6.92 Å². The van der Waals surface area contributed by atoms with Crippen LogP contribution in [0.1, 0.15) is 50.9 Å². The molecule has 0 atom stereocenters. The Bertz CT molecular complexity index is 1300. The quantitative estimate of drug-likeness (QED) is 0.323. The van der Waals surface area contributed by atoms with Gasteiger partial charge < -0.3 is 15.0 Å². The summed E-state index contributed by atoms with van der Waals surface area (Å²) in [5.74, 6) is 1.65. The fraction of sp³-hybridized carbons (Fsp3) is 0.318. The number of hydrogen-bond acceptors (Lipinski definition) is 10. The molecule has 10 heteroatoms. The molecule has 0 saturated heterocycles. The van der Waals surface area contributed by atoms with Crippen molar-refractivity contribution in [1.29, 1.82) is 0 Å². The monoisotopic (exact) mass is 467 g/mol. The van der Waals surface area contributed by atoms with Crippen LogP contribution in [-0.4, -0.2) is 26.1 Å². The first-order chi connectivity index (χ1) is 15.6. The average molecular weight is 468 g/mol. The van der Waals surface area contributed by atoms with Gasteiger partial charge in [-0.3, -0.25) is 0 Å². The average Bonchev–Trinajstić information content (AvgIpc) is 3.39. The van der Waals surface area contributed by atoms with Gasteiger partial charge >= 0.3 is 5.97 Å². The number of carbonyl (C=O) groups is 1. The standard InChI is InChI=1S/C22H21N5O3S2/c1-12-9-13(27-30-12)11-31-20-15(6-4-8-24-20)22(28)29-10-17-25-19(23)18-14-5-2-3-7-16(14)32-21(18)26-17/h4,6,8-9H,2-3,5,7,10-11H2,1H3,(H2,23,25,26). The van der Waals surface area contributed by atoms with E-state index in [2.05, 4.69) is 20.1 Å². The Morgan fingerprint density at radius 3 is 3.03 bits per heavy atom. The number of thiophene rings is 1. The lowest BCUT2D eigenvalue weighted by atomic mass is 9.97. The van der Waals surface area contributed by atoms with Gasteiger partial charge in [-0.25, -0.2) is 19.7 Å². The summed E-state index contributed by atoms with van der Waals surface area (Å²) in [5.41, 5.74) is 8.71. The molecule has 0 bridgehead atoms. The number of aryl methyl sites for hydroxylation is 3. The number of ether oxygens (including phenoxy) is 1. The van der Waals surface area contributed by atoms with E-state index >= 15 is 0 Å². The summed E-state index contributed by atoms with van der Waals surface area (Å²) in [4.78, 5) is 28.3. The summed E-state index contributed by atoms with van der Waals surface area (Å²) in [6.07, 6.45) is 6.09. The van der Waals surface area contributed by atoms with Crippen molar-refractivity contribution in [2.24, 2.45) is 0 Å². The third-order valence-electron chi connectivity index (χ3n) is 5.25. The van der Waals surface area contributed by atoms with E-state index in [9.17, 15) is 4.79 Å². The SMILES string of the molecule is Cc1cc(CSc2ncccc2C(=O)OCc2nc(N)c3c4c(sc3n2)CCCC4)no1. The largest absolute Gasteiger partial charge is 0.454 e. The number of hydrogen-bond donors (Lipinski definition) is 1. The molecule has 4 aromatic rings. The summed E-state index contributed by atoms with van der Waals surface area (Å²) >= 11 is 3.07. The second kappa shape index (κ2) is 8.87. The van der Waals surface area contributed by atoms with Gasteiger partial charge in [0.2, 0.25) is 0 Å². The topological polar surface area (TPSA) is 117 Å². The van der Waals surface area contributed by atoms with Crippen molar-refractivity contribution in [3.63, 3.8) is 0 Å². The van der Waals surface area contributed by atoms with Crippen LogP contribution in [0.2, 0.25) is 0 Å². The minimum Gasteiger partial charge on any atom is -0.454 e. The van der Waals surface area contributed by atoms with E-state index in [0.29, 0.717) is 28.0 Å². The molecule has 0 amide bonds. The molecule has 4 aromatic heterocycles. The zero-order valence-corrected chi connectivity index (χ0v) is 19.1. The number of esters is 1. The molecule has 0 fully saturated rings. The van der Waals surface area contributed by atoms with E-state index in [1.54, 1.807) is 29.7 Å². The van der Waals surface area contributed by atoms with Gasteiger partial charge in [0.1, 0.15) is 21.4 Å². The summed E-state index contributed by atoms with van der Waals surface area (Å²) in [6.45, 7) is 1.78. The number of nitrogens with two attached hydrogens (primary N) is 1. The lowest BCUT2D eigenvalue weighted by Gasteiger charge is -2.11. The van der Waals surface area contributed by atoms with Crippen molar-refractivity contribution in [2.45, 2.75) is 50.0 Å². The van der Waals surface area contributed by atoms with E-state index in [1.165, 1.54) is 35.0 Å². The number of nitrogen functional groups attached to an aromatic ring is 1. The number of anilines is 1. The highest BCUT2D eigenvalue weighted by Gasteiger charge is 2.21. The van der Waals surface area contributed by atoms with Crippen molar-refractivity contribution in [3.8, 4) is 0 Å². The molecule has 32 heavy (non-hydrogen) atoms. The first kappa shape index (κ1) is 20.9. The molecule has 0 radical (unpaired) electrons. The molecule has 1 aliphatic rings. The van der Waals surface area contributed by atoms with E-state index in [0.717, 1.165) is 34.5 Å². The van der Waals surface area contributed by atoms with Crippen molar-refractivity contribution < 1.29 is 14.1 Å². The van der Waals surface area contributed by atoms with Crippen molar-refractivity contribution in [3.05, 3.63) is 57.7 Å². The molecular weight excluding hydrogens is 446 g/mol. The third-order valence-corrected chi connectivity index (χ3v) is 7.47. The predicted octanol–water partition coefficient (Wildman–Crippen LogP) is 4.49. The predicted molar refractivity (Wildman–Crippen MR) is 123 cm³/mol. The normalized spacial score (nSPS) is 13.3. The van der Waals surface area contributed by atoms with Gasteiger partial charge in [0.05, 0.1) is 16.6 Å². The fourth-order valence-corrected chi connectivity index (χ4v) is 5.94. The highest BCUT2D eigenvalue weighted by atomic mass is 32.2. The van der Waals surface area contributed by atoms with Crippen LogP contribution in [0.25, 0.3) is 10.2 Å². The molecule has 4 heterocycles. The van der Waals surface area contributed by atoms with E-state index < -0.39 is 5.97 Å². The Kier molecular flexibility index (Phi) is 5.79. The molecule has 2 N–H and O–H groups in total. The molecule has 0 spiro atoms. The molecule has 1 aliphatic carbocycles. The molecule has 0 unspecified atom stereocenters. The maximum absolute atomic E-state index is 12.8. The van der Waals surface area contributed by atoms with Gasteiger partial charge in [0, 0.05) is 22.9 Å². The van der Waals surface area contributed by atoms with E-state index in [-0.39, 0.29) is 6.61 Å². The number of pyridine rings is 1. The summed E-state index contributed by atoms with van der Waals surface area (Å²) in [7, 11) is 0. The Hall–Kier alpha value is -2.98. The van der Waals surface area contributed by atoms with E-state index in [1.807, 2.05) is 13.0 Å². The second-order valence-corrected chi connectivity index (χ2v) is 9.61. The molecular formula is C22H21N5O3S2. The second-order valence-electron chi connectivity index (χ2n) is 7.57. The smallest absolute Gasteiger partial charge is 0.341 e. The van der Waals surface area contributed by atoms with Crippen LogP contribution in [0.15, 0.2) is 33.9 Å². The van der Waals surface area contributed by atoms with Crippen molar-refractivity contribution in [2.75, 3.05) is 5.73 Å². The lowest BCUT2D eigenvalue weighted by Crippen LogP contribution is -2.10. The first-order valence-corrected chi connectivity index (χ1v) is 12.1. The van der Waals surface area contributed by atoms with Crippen LogP contribution in [0.3, 0.4) is 0 Å². The number of rotatable bonds is 6. The van der Waals surface area contributed by atoms with Gasteiger partial charge in [0.15, 0.2) is 12.4 Å². The van der Waals surface area contributed by atoms with Crippen LogP contribution >= 0.6 is 23.1 Å². The lowest BCUT2D eigenvalue weighted by molar-refractivity contribution is 0.0457. The fourth-order valence-electron chi connectivity index (χ4n) is 3.79. The van der Waals surface area contributed by atoms with Gasteiger partial charge in [-0.05, 0) is 50.3 Å². The molecule has 0 aliphatic heterocycles. The number of aromatic nitrogens is 4. The molecule has 8 nitrogen and oxygen atoms in total. The van der Waals surface area contributed by atoms with Crippen molar-refractivity contribution in [1.82, 2.24) is 20.1 Å². The number of nitrogens with zero attached hydrogens (tertiary/aromatic N) is 4. The summed E-state index contributed by atoms with van der Waals surface area (Å²) in [6, 6.07) is 5.25. The van der Waals surface area contributed by atoms with Crippen molar-refractivity contribution >= 4 is 45.1 Å². The zero-order valence-electron chi connectivity index (χ0n) is 17.5. The maximum Gasteiger partial charge on any atom is 0.341 e. The van der Waals surface area contributed by atoms with Gasteiger partial charge in [-0.1, -0.05) is 16.9 Å². The number of fused-ring (bicyclic) bond motifs is 3. The van der Waals surface area contributed by atoms with Gasteiger partial charge in [0.25, 0.3) is 0 Å². The van der Waals surface area contributed by atoms with Crippen LogP contribution < -0.4 is 5.73 Å². The minimum atomic E-state index is -0.482. The molecule has 5 rings (SSSR count). The molecule has 0 aromatic carbocycles. The highest BCUT2D eigenvalue weighted by Crippen LogP contribution is 2.37. The Morgan fingerprint density at radius 1 is 1.31 bits per heavy atom. The Morgan fingerprint density at radius 2 is 2.19 bits per heavy atom. The molecule has 164 valence electrons. The first-order valence-electron chi connectivity index (χ1n) is 10.3. The maximum atomic E-state index is 12.8. The van der Waals surface area contributed by atoms with Gasteiger partial charge in [-0.2, -0.15) is 0 Å². The van der Waals surface area contributed by atoms with Gasteiger partial charge in [-0.15, -0.1) is 11.3 Å². The Balaban J connectivity index is 1.30. The van der Waals surface area contributed by atoms with Crippen LogP contribution in [0.4, 0.5) is 5.82 Å². The summed E-state index contributed by atoms with van der Waals surface area (Å²) in [5, 5.41) is 5.51. The van der Waals surface area contributed by atoms with Crippen LogP contribution in [-0.2, 0) is 29.9 Å². The van der Waals surface area contributed by atoms with Crippen LogP contribution in [0.5, 0.6) is 0 Å². The number of carbonyl (C=O) groups excluding carboxylic acids is 1. The third kappa shape index (κ3) is 4.20. The minimum absolute atomic E-state index is 0.0526. The highest BCUT2D eigenvalue weighted by molar-refractivity contribution is 7.98. The Labute approximate surface area is 192 Å². The number of thioether (sulfide) groups is 1. The molecule has 0 saturated carbocycles. The van der Waals surface area contributed by atoms with E-state index in [4.69, 9.17) is 15.0 Å². The zero-order chi connectivity index (χ0) is 22.1.